The van der Waals surface area contributed by atoms with Gasteiger partial charge in [-0.1, -0.05) is 35.9 Å². The molecule has 1 saturated carbocycles. The van der Waals surface area contributed by atoms with Crippen molar-refractivity contribution in [1.29, 1.82) is 0 Å². The van der Waals surface area contributed by atoms with E-state index in [-0.39, 0.29) is 11.9 Å². The van der Waals surface area contributed by atoms with Crippen LogP contribution in [0.1, 0.15) is 30.0 Å². The molecule has 5 heteroatoms. The van der Waals surface area contributed by atoms with Crippen molar-refractivity contribution in [1.82, 2.24) is 10.2 Å². The van der Waals surface area contributed by atoms with E-state index in [2.05, 4.69) is 16.3 Å². The maximum atomic E-state index is 12.9. The lowest BCUT2D eigenvalue weighted by atomic mass is 9.94. The summed E-state index contributed by atoms with van der Waals surface area (Å²) in [7, 11) is 5.69. The van der Waals surface area contributed by atoms with E-state index in [1.54, 1.807) is 7.11 Å². The zero-order valence-electron chi connectivity index (χ0n) is 15.5. The van der Waals surface area contributed by atoms with Crippen LogP contribution in [0.2, 0.25) is 5.02 Å². The molecule has 2 aromatic rings. The number of ether oxygens (including phenoxy) is 1. The van der Waals surface area contributed by atoms with Crippen LogP contribution in [0.3, 0.4) is 0 Å². The summed E-state index contributed by atoms with van der Waals surface area (Å²) < 4.78 is 5.33. The van der Waals surface area contributed by atoms with Crippen molar-refractivity contribution in [2.75, 3.05) is 27.7 Å². The van der Waals surface area contributed by atoms with Crippen LogP contribution >= 0.6 is 11.6 Å². The number of carbonyl (C=O) groups is 1. The number of carbonyl (C=O) groups excluding carboxylic acids is 1. The maximum absolute atomic E-state index is 12.9. The topological polar surface area (TPSA) is 41.6 Å². The van der Waals surface area contributed by atoms with Crippen molar-refractivity contribution >= 4 is 17.5 Å². The molecule has 3 rings (SSSR count). The summed E-state index contributed by atoms with van der Waals surface area (Å²) in [6.45, 7) is 0.543. The number of hydrogen-bond acceptors (Lipinski definition) is 3. The van der Waals surface area contributed by atoms with E-state index in [0.717, 1.165) is 29.7 Å². The third-order valence-electron chi connectivity index (χ3n) is 5.12. The fourth-order valence-electron chi connectivity index (χ4n) is 3.36. The number of halogens is 1. The fraction of sp³-hybridized carbons (Fsp3) is 0.381. The second kappa shape index (κ2) is 7.68. The molecule has 1 unspecified atom stereocenters. The molecule has 26 heavy (non-hydrogen) atoms. The molecule has 1 aliphatic carbocycles. The Labute approximate surface area is 160 Å². The molecule has 1 fully saturated rings. The van der Waals surface area contributed by atoms with Gasteiger partial charge >= 0.3 is 0 Å². The number of hydrogen-bond donors (Lipinski definition) is 1. The predicted molar refractivity (Wildman–Crippen MR) is 105 cm³/mol. The molecule has 0 aliphatic heterocycles. The highest BCUT2D eigenvalue weighted by Crippen LogP contribution is 2.48. The average Bonchev–Trinajstić information content (AvgIpc) is 3.43. The second-order valence-corrected chi connectivity index (χ2v) is 7.49. The normalized spacial score (nSPS) is 16.2. The largest absolute Gasteiger partial charge is 0.497 e. The third-order valence-corrected chi connectivity index (χ3v) is 5.35. The van der Waals surface area contributed by atoms with Gasteiger partial charge in [0.25, 0.3) is 0 Å². The first-order valence-electron chi connectivity index (χ1n) is 8.81. The molecule has 1 aliphatic rings. The SMILES string of the molecule is COc1cccc(C(CNC(=O)C2(c3cccc(Cl)c3)CC2)N(C)C)c1. The molecule has 4 nitrogen and oxygen atoms in total. The Morgan fingerprint density at radius 2 is 1.96 bits per heavy atom. The summed E-state index contributed by atoms with van der Waals surface area (Å²) >= 11 is 6.11. The van der Waals surface area contributed by atoms with Crippen molar-refractivity contribution in [3.05, 3.63) is 64.7 Å². The van der Waals surface area contributed by atoms with Crippen LogP contribution in [-0.2, 0) is 10.2 Å². The van der Waals surface area contributed by atoms with Gasteiger partial charge in [0.2, 0.25) is 5.91 Å². The number of rotatable bonds is 7. The fourth-order valence-corrected chi connectivity index (χ4v) is 3.55. The summed E-state index contributed by atoms with van der Waals surface area (Å²) in [6.07, 6.45) is 1.73. The number of nitrogens with zero attached hydrogens (tertiary/aromatic N) is 1. The molecule has 138 valence electrons. The number of nitrogens with one attached hydrogen (secondary N) is 1. The molecule has 0 heterocycles. The monoisotopic (exact) mass is 372 g/mol. The minimum atomic E-state index is -0.420. The van der Waals surface area contributed by atoms with Crippen LogP contribution in [-0.4, -0.2) is 38.6 Å². The summed E-state index contributed by atoms with van der Waals surface area (Å²) in [6, 6.07) is 15.7. The van der Waals surface area contributed by atoms with Crippen LogP contribution in [0.5, 0.6) is 5.75 Å². The molecular weight excluding hydrogens is 348 g/mol. The molecule has 0 spiro atoms. The van der Waals surface area contributed by atoms with Gasteiger partial charge in [-0.2, -0.15) is 0 Å². The van der Waals surface area contributed by atoms with Crippen LogP contribution < -0.4 is 10.1 Å². The van der Waals surface area contributed by atoms with Gasteiger partial charge in [-0.05, 0) is 62.3 Å². The van der Waals surface area contributed by atoms with Crippen molar-refractivity contribution in [2.45, 2.75) is 24.3 Å². The van der Waals surface area contributed by atoms with Gasteiger partial charge in [-0.3, -0.25) is 4.79 Å². The standard InChI is InChI=1S/C21H25ClN2O2/c1-24(2)19(15-6-4-9-18(12-15)26-3)14-23-20(25)21(10-11-21)16-7-5-8-17(22)13-16/h4-9,12-13,19H,10-11,14H2,1-3H3,(H,23,25). The quantitative estimate of drug-likeness (QED) is 0.803. The van der Waals surface area contributed by atoms with Crippen LogP contribution in [0.25, 0.3) is 0 Å². The van der Waals surface area contributed by atoms with E-state index < -0.39 is 5.41 Å². The van der Waals surface area contributed by atoms with Crippen LogP contribution in [0.4, 0.5) is 0 Å². The van der Waals surface area contributed by atoms with Gasteiger partial charge in [0.1, 0.15) is 5.75 Å². The Kier molecular flexibility index (Phi) is 5.54. The molecule has 0 radical (unpaired) electrons. The van der Waals surface area contributed by atoms with E-state index in [1.165, 1.54) is 0 Å². The molecule has 1 atom stereocenters. The lowest BCUT2D eigenvalue weighted by molar-refractivity contribution is -0.123. The van der Waals surface area contributed by atoms with Crippen molar-refractivity contribution in [3.63, 3.8) is 0 Å². The van der Waals surface area contributed by atoms with Crippen molar-refractivity contribution < 1.29 is 9.53 Å². The van der Waals surface area contributed by atoms with Crippen molar-refractivity contribution in [3.8, 4) is 5.75 Å². The summed E-state index contributed by atoms with van der Waals surface area (Å²) in [5.41, 5.74) is 1.70. The minimum Gasteiger partial charge on any atom is -0.497 e. The zero-order chi connectivity index (χ0) is 18.7. The van der Waals surface area contributed by atoms with Gasteiger partial charge in [0.05, 0.1) is 18.6 Å². The van der Waals surface area contributed by atoms with Gasteiger partial charge in [-0.15, -0.1) is 0 Å². The Bertz CT molecular complexity index is 787. The van der Waals surface area contributed by atoms with E-state index in [0.29, 0.717) is 11.6 Å². The molecular formula is C21H25ClN2O2. The summed E-state index contributed by atoms with van der Waals surface area (Å²) in [5.74, 6) is 0.896. The summed E-state index contributed by atoms with van der Waals surface area (Å²) in [4.78, 5) is 15.0. The molecule has 2 aromatic carbocycles. The first-order chi connectivity index (χ1) is 12.5. The molecule has 0 saturated heterocycles. The van der Waals surface area contributed by atoms with E-state index >= 15 is 0 Å². The molecule has 0 aromatic heterocycles. The lowest BCUT2D eigenvalue weighted by Gasteiger charge is -2.26. The Morgan fingerprint density at radius 3 is 2.58 bits per heavy atom. The van der Waals surface area contributed by atoms with E-state index in [4.69, 9.17) is 16.3 Å². The van der Waals surface area contributed by atoms with Gasteiger partial charge in [0.15, 0.2) is 0 Å². The van der Waals surface area contributed by atoms with Crippen molar-refractivity contribution in [2.24, 2.45) is 0 Å². The maximum Gasteiger partial charge on any atom is 0.230 e. The minimum absolute atomic E-state index is 0.0733. The smallest absolute Gasteiger partial charge is 0.230 e. The second-order valence-electron chi connectivity index (χ2n) is 7.06. The zero-order valence-corrected chi connectivity index (χ0v) is 16.2. The van der Waals surface area contributed by atoms with Crippen LogP contribution in [0, 0.1) is 0 Å². The van der Waals surface area contributed by atoms with E-state index in [1.807, 2.05) is 56.6 Å². The lowest BCUT2D eigenvalue weighted by Crippen LogP contribution is -2.40. The first kappa shape index (κ1) is 18.7. The highest BCUT2D eigenvalue weighted by Gasteiger charge is 2.51. The van der Waals surface area contributed by atoms with Crippen LogP contribution in [0.15, 0.2) is 48.5 Å². The molecule has 1 N–H and O–H groups in total. The van der Waals surface area contributed by atoms with Gasteiger partial charge < -0.3 is 15.0 Å². The van der Waals surface area contributed by atoms with Gasteiger partial charge in [-0.25, -0.2) is 0 Å². The Balaban J connectivity index is 1.72. The highest BCUT2D eigenvalue weighted by molar-refractivity contribution is 6.30. The number of amides is 1. The average molecular weight is 373 g/mol. The number of likely N-dealkylation sites (N-methyl/N-ethyl adjacent to an activating group) is 1. The Hall–Kier alpha value is -2.04. The third kappa shape index (κ3) is 3.87. The Morgan fingerprint density at radius 1 is 1.23 bits per heavy atom. The highest BCUT2D eigenvalue weighted by atomic mass is 35.5. The van der Waals surface area contributed by atoms with Gasteiger partial charge in [0, 0.05) is 11.6 Å². The summed E-state index contributed by atoms with van der Waals surface area (Å²) in [5, 5.41) is 3.83. The molecule has 0 bridgehead atoms. The number of methoxy groups -OCH3 is 1. The molecule has 1 amide bonds. The van der Waals surface area contributed by atoms with E-state index in [9.17, 15) is 4.79 Å². The predicted octanol–water partition coefficient (Wildman–Crippen LogP) is 3.80. The first-order valence-corrected chi connectivity index (χ1v) is 9.19. The number of benzene rings is 2.